The highest BCUT2D eigenvalue weighted by molar-refractivity contribution is 5.98. The van der Waals surface area contributed by atoms with Crippen molar-refractivity contribution in [1.29, 1.82) is 5.26 Å². The quantitative estimate of drug-likeness (QED) is 0.512. The maximum Gasteiger partial charge on any atom is 0.322 e. The molecule has 3 N–H and O–H groups in total. The lowest BCUT2D eigenvalue weighted by Gasteiger charge is -2.05. The van der Waals surface area contributed by atoms with Crippen LogP contribution in [-0.2, 0) is 9.59 Å². The van der Waals surface area contributed by atoms with E-state index in [0.717, 1.165) is 0 Å². The molecule has 0 aliphatic heterocycles. The van der Waals surface area contributed by atoms with E-state index in [9.17, 15) is 9.59 Å². The lowest BCUT2D eigenvalue weighted by atomic mass is 10.2. The van der Waals surface area contributed by atoms with E-state index >= 15 is 0 Å². The lowest BCUT2D eigenvalue weighted by molar-refractivity contribution is -0.137. The number of carbonyl (C=O) groups is 2. The molecule has 0 atom stereocenters. The Morgan fingerprint density at radius 1 is 1.38 bits per heavy atom. The molecule has 110 valence electrons. The molecule has 0 radical (unpaired) electrons. The number of nitrogens with one attached hydrogen (secondary N) is 2. The molecule has 0 aliphatic carbocycles. The third-order valence-electron chi connectivity index (χ3n) is 2.31. The molecule has 0 heterocycles. The molecule has 21 heavy (non-hydrogen) atoms. The van der Waals surface area contributed by atoms with Gasteiger partial charge in [0.1, 0.15) is 23.9 Å². The number of hydrogen-bond donors (Lipinski definition) is 3. The van der Waals surface area contributed by atoms with Crippen LogP contribution in [-0.4, -0.2) is 30.1 Å². The topological polar surface area (TPSA) is 111 Å². The van der Waals surface area contributed by atoms with Crippen LogP contribution in [0.1, 0.15) is 6.92 Å². The molecule has 0 saturated heterocycles. The number of anilines is 1. The van der Waals surface area contributed by atoms with Gasteiger partial charge in [-0.1, -0.05) is 0 Å². The maximum atomic E-state index is 11.5. The van der Waals surface area contributed by atoms with Gasteiger partial charge < -0.3 is 20.5 Å². The van der Waals surface area contributed by atoms with Gasteiger partial charge in [0.15, 0.2) is 0 Å². The zero-order valence-electron chi connectivity index (χ0n) is 11.4. The first-order valence-electron chi connectivity index (χ1n) is 6.16. The Kier molecular flexibility index (Phi) is 6.28. The van der Waals surface area contributed by atoms with Gasteiger partial charge in [-0.2, -0.15) is 5.26 Å². The van der Waals surface area contributed by atoms with E-state index in [2.05, 4.69) is 10.6 Å². The van der Waals surface area contributed by atoms with Crippen LogP contribution in [0.3, 0.4) is 0 Å². The van der Waals surface area contributed by atoms with Crippen LogP contribution >= 0.6 is 0 Å². The number of hydrogen-bond acceptors (Lipinski definition) is 5. The fourth-order valence-electron chi connectivity index (χ4n) is 1.37. The van der Waals surface area contributed by atoms with Crippen LogP contribution in [0.4, 0.5) is 5.69 Å². The molecule has 0 fully saturated rings. The summed E-state index contributed by atoms with van der Waals surface area (Å²) >= 11 is 0. The molecular formula is C14H15N3O4. The number of ether oxygens (including phenoxy) is 1. The van der Waals surface area contributed by atoms with Crippen molar-refractivity contribution >= 4 is 17.6 Å². The monoisotopic (exact) mass is 289 g/mol. The van der Waals surface area contributed by atoms with E-state index < -0.39 is 18.4 Å². The number of carboxylic acid groups (broad SMARTS) is 1. The van der Waals surface area contributed by atoms with Crippen LogP contribution in [0.2, 0.25) is 0 Å². The molecule has 0 aliphatic rings. The van der Waals surface area contributed by atoms with E-state index in [1.54, 1.807) is 30.3 Å². The molecule has 0 bridgehead atoms. The van der Waals surface area contributed by atoms with Crippen LogP contribution in [0, 0.1) is 11.3 Å². The van der Waals surface area contributed by atoms with Crippen LogP contribution in [0.15, 0.2) is 36.0 Å². The minimum atomic E-state index is -1.18. The van der Waals surface area contributed by atoms with Crippen LogP contribution in [0.5, 0.6) is 5.75 Å². The van der Waals surface area contributed by atoms with Crippen LogP contribution < -0.4 is 15.4 Å². The first-order valence-corrected chi connectivity index (χ1v) is 6.16. The minimum Gasteiger partial charge on any atom is -0.494 e. The number of aliphatic carboxylic acids is 1. The summed E-state index contributed by atoms with van der Waals surface area (Å²) in [5.74, 6) is -1.22. The highest BCUT2D eigenvalue weighted by Gasteiger charge is 2.09. The second kappa shape index (κ2) is 8.22. The van der Waals surface area contributed by atoms with Crippen molar-refractivity contribution < 1.29 is 19.4 Å². The van der Waals surface area contributed by atoms with Gasteiger partial charge in [0.05, 0.1) is 6.61 Å². The van der Waals surface area contributed by atoms with Crippen molar-refractivity contribution in [2.75, 3.05) is 18.5 Å². The molecular weight excluding hydrogens is 274 g/mol. The molecule has 1 rings (SSSR count). The summed E-state index contributed by atoms with van der Waals surface area (Å²) in [7, 11) is 0. The van der Waals surface area contributed by atoms with Gasteiger partial charge in [0.2, 0.25) is 0 Å². The van der Waals surface area contributed by atoms with Crippen molar-refractivity contribution in [2.45, 2.75) is 6.92 Å². The molecule has 7 heteroatoms. The van der Waals surface area contributed by atoms with E-state index in [0.29, 0.717) is 18.0 Å². The number of nitriles is 1. The Balaban J connectivity index is 2.65. The predicted molar refractivity (Wildman–Crippen MR) is 75.6 cm³/mol. The molecule has 1 amide bonds. The van der Waals surface area contributed by atoms with Gasteiger partial charge >= 0.3 is 5.97 Å². The Morgan fingerprint density at radius 2 is 2.05 bits per heavy atom. The van der Waals surface area contributed by atoms with Gasteiger partial charge in [-0.3, -0.25) is 9.59 Å². The predicted octanol–water partition coefficient (Wildman–Crippen LogP) is 1.11. The highest BCUT2D eigenvalue weighted by Crippen LogP contribution is 2.15. The van der Waals surface area contributed by atoms with Crippen molar-refractivity contribution in [2.24, 2.45) is 0 Å². The highest BCUT2D eigenvalue weighted by atomic mass is 16.5. The largest absolute Gasteiger partial charge is 0.494 e. The Morgan fingerprint density at radius 3 is 2.57 bits per heavy atom. The summed E-state index contributed by atoms with van der Waals surface area (Å²) < 4.78 is 5.28. The first-order chi connectivity index (χ1) is 10.1. The van der Waals surface area contributed by atoms with Crippen LogP contribution in [0.25, 0.3) is 0 Å². The van der Waals surface area contributed by atoms with Crippen molar-refractivity contribution in [3.05, 3.63) is 36.0 Å². The summed E-state index contributed by atoms with van der Waals surface area (Å²) in [6.07, 6.45) is 1.22. The van der Waals surface area contributed by atoms with Crippen molar-refractivity contribution in [3.8, 4) is 11.8 Å². The number of amides is 1. The zero-order chi connectivity index (χ0) is 15.7. The third-order valence-corrected chi connectivity index (χ3v) is 2.31. The van der Waals surface area contributed by atoms with Gasteiger partial charge in [-0.15, -0.1) is 0 Å². The van der Waals surface area contributed by atoms with Gasteiger partial charge in [0.25, 0.3) is 5.91 Å². The van der Waals surface area contributed by atoms with E-state index in [1.165, 1.54) is 6.20 Å². The van der Waals surface area contributed by atoms with E-state index in [-0.39, 0.29) is 5.57 Å². The molecule has 0 unspecified atom stereocenters. The number of carbonyl (C=O) groups excluding carboxylic acids is 1. The van der Waals surface area contributed by atoms with Gasteiger partial charge in [-0.05, 0) is 31.2 Å². The number of rotatable bonds is 7. The summed E-state index contributed by atoms with van der Waals surface area (Å²) in [4.78, 5) is 21.8. The number of nitrogens with zero attached hydrogens (tertiary/aromatic N) is 1. The minimum absolute atomic E-state index is 0.217. The Bertz CT molecular complexity index is 573. The molecule has 0 saturated carbocycles. The van der Waals surface area contributed by atoms with Crippen molar-refractivity contribution in [3.63, 3.8) is 0 Å². The second-order valence-electron chi connectivity index (χ2n) is 3.85. The second-order valence-corrected chi connectivity index (χ2v) is 3.85. The third kappa shape index (κ3) is 5.65. The average Bonchev–Trinajstić information content (AvgIpc) is 2.47. The molecule has 0 aromatic heterocycles. The zero-order valence-corrected chi connectivity index (χ0v) is 11.4. The fraction of sp³-hybridized carbons (Fsp3) is 0.214. The molecule has 7 nitrogen and oxygen atoms in total. The normalized spacial score (nSPS) is 10.4. The van der Waals surface area contributed by atoms with E-state index in [4.69, 9.17) is 15.1 Å². The fourth-order valence-corrected chi connectivity index (χ4v) is 1.37. The lowest BCUT2D eigenvalue weighted by Crippen LogP contribution is -2.30. The Labute approximate surface area is 121 Å². The molecule has 1 aromatic carbocycles. The molecule has 1 aromatic rings. The maximum absolute atomic E-state index is 11.5. The summed E-state index contributed by atoms with van der Waals surface area (Å²) in [6.45, 7) is 1.90. The number of carboxylic acids is 1. The average molecular weight is 289 g/mol. The number of benzene rings is 1. The van der Waals surface area contributed by atoms with E-state index in [1.807, 2.05) is 6.92 Å². The SMILES string of the molecule is CCOc1ccc(N/C=C(/C#N)C(=O)NCC(=O)O)cc1. The summed E-state index contributed by atoms with van der Waals surface area (Å²) in [5, 5.41) is 22.2. The Hall–Kier alpha value is -3.01. The first kappa shape index (κ1) is 16.0. The smallest absolute Gasteiger partial charge is 0.322 e. The van der Waals surface area contributed by atoms with Gasteiger partial charge in [-0.25, -0.2) is 0 Å². The molecule has 0 spiro atoms. The summed E-state index contributed by atoms with van der Waals surface area (Å²) in [6, 6.07) is 8.64. The standard InChI is InChI=1S/C14H15N3O4/c1-2-21-12-5-3-11(4-6-12)16-8-10(7-15)14(20)17-9-13(18)19/h3-6,8,16H,2,9H2,1H3,(H,17,20)(H,18,19)/b10-8-. The van der Waals surface area contributed by atoms with Gasteiger partial charge in [0, 0.05) is 11.9 Å². The summed E-state index contributed by atoms with van der Waals surface area (Å²) in [5.41, 5.74) is 0.447. The van der Waals surface area contributed by atoms with Crippen molar-refractivity contribution in [1.82, 2.24) is 5.32 Å².